The highest BCUT2D eigenvalue weighted by atomic mass is 19.1. The fourth-order valence-corrected chi connectivity index (χ4v) is 3.14. The van der Waals surface area contributed by atoms with Crippen LogP contribution < -0.4 is 5.73 Å². The van der Waals surface area contributed by atoms with E-state index in [4.69, 9.17) is 10.5 Å². The first kappa shape index (κ1) is 15.2. The molecule has 6 heteroatoms. The number of allylic oxidation sites excluding steroid dienone is 3. The first-order chi connectivity index (χ1) is 10.9. The third-order valence-corrected chi connectivity index (χ3v) is 4.14. The molecular weight excluding hydrogens is 302 g/mol. The van der Waals surface area contributed by atoms with Gasteiger partial charge in [-0.25, -0.2) is 8.78 Å². The Morgan fingerprint density at radius 3 is 2.74 bits per heavy atom. The fraction of sp³-hybridized carbons (Fsp3) is 0.294. The van der Waals surface area contributed by atoms with Crippen LogP contribution in [-0.4, -0.2) is 5.78 Å². The van der Waals surface area contributed by atoms with Crippen LogP contribution >= 0.6 is 0 Å². The molecule has 0 saturated carbocycles. The quantitative estimate of drug-likeness (QED) is 0.864. The molecule has 0 amide bonds. The van der Waals surface area contributed by atoms with Gasteiger partial charge in [0, 0.05) is 30.0 Å². The van der Waals surface area contributed by atoms with Crippen LogP contribution in [0.25, 0.3) is 0 Å². The predicted octanol–water partition coefficient (Wildman–Crippen LogP) is 3.03. The number of hydrogen-bond donors (Lipinski definition) is 1. The van der Waals surface area contributed by atoms with E-state index in [0.29, 0.717) is 18.6 Å². The molecule has 1 aliphatic carbocycles. The molecule has 2 N–H and O–H groups in total. The number of carbonyl (C=O) groups excluding carboxylic acids is 1. The first-order valence-corrected chi connectivity index (χ1v) is 7.21. The predicted molar refractivity (Wildman–Crippen MR) is 77.4 cm³/mol. The van der Waals surface area contributed by atoms with Crippen LogP contribution in [0.5, 0.6) is 0 Å². The van der Waals surface area contributed by atoms with Gasteiger partial charge in [0.05, 0.1) is 5.92 Å². The number of nitriles is 1. The Morgan fingerprint density at radius 2 is 2.09 bits per heavy atom. The number of nitrogens with two attached hydrogens (primary N) is 1. The van der Waals surface area contributed by atoms with Crippen molar-refractivity contribution >= 4 is 5.78 Å². The Labute approximate surface area is 131 Å². The van der Waals surface area contributed by atoms with E-state index in [-0.39, 0.29) is 34.3 Å². The van der Waals surface area contributed by atoms with Gasteiger partial charge < -0.3 is 10.5 Å². The first-order valence-electron chi connectivity index (χ1n) is 7.21. The van der Waals surface area contributed by atoms with Crippen molar-refractivity contribution in [2.75, 3.05) is 0 Å². The summed E-state index contributed by atoms with van der Waals surface area (Å²) in [5, 5.41) is 9.37. The molecule has 0 unspecified atom stereocenters. The normalized spacial score (nSPS) is 24.2. The summed E-state index contributed by atoms with van der Waals surface area (Å²) >= 11 is 0. The Hall–Kier alpha value is -2.68. The zero-order valence-electron chi connectivity index (χ0n) is 12.4. The van der Waals surface area contributed by atoms with E-state index in [1.165, 1.54) is 6.07 Å². The highest BCUT2D eigenvalue weighted by molar-refractivity contribution is 5.99. The summed E-state index contributed by atoms with van der Waals surface area (Å²) < 4.78 is 32.9. The summed E-state index contributed by atoms with van der Waals surface area (Å²) in [4.78, 5) is 12.5. The lowest BCUT2D eigenvalue weighted by molar-refractivity contribution is -0.117. The molecule has 1 aromatic rings. The van der Waals surface area contributed by atoms with E-state index >= 15 is 0 Å². The van der Waals surface area contributed by atoms with Crippen LogP contribution in [-0.2, 0) is 9.53 Å². The van der Waals surface area contributed by atoms with Crippen molar-refractivity contribution < 1.29 is 18.3 Å². The van der Waals surface area contributed by atoms with Crippen LogP contribution in [0.1, 0.15) is 31.2 Å². The second-order valence-corrected chi connectivity index (χ2v) is 5.86. The van der Waals surface area contributed by atoms with E-state index in [1.54, 1.807) is 0 Å². The Morgan fingerprint density at radius 1 is 1.35 bits per heavy atom. The van der Waals surface area contributed by atoms with Crippen molar-refractivity contribution in [3.05, 3.63) is 58.2 Å². The maximum atomic E-state index is 14.2. The number of nitrogens with zero attached hydrogens (tertiary/aromatic N) is 1. The van der Waals surface area contributed by atoms with Crippen LogP contribution in [0.15, 0.2) is 41.0 Å². The summed E-state index contributed by atoms with van der Waals surface area (Å²) in [7, 11) is 0. The van der Waals surface area contributed by atoms with Crippen molar-refractivity contribution in [1.29, 1.82) is 5.26 Å². The molecule has 4 nitrogen and oxygen atoms in total. The fourth-order valence-electron chi connectivity index (χ4n) is 3.14. The Balaban J connectivity index is 2.22. The molecule has 2 atom stereocenters. The maximum absolute atomic E-state index is 14.2. The number of halogens is 2. The van der Waals surface area contributed by atoms with Gasteiger partial charge in [0.25, 0.3) is 0 Å². The minimum absolute atomic E-state index is 0.0304. The smallest absolute Gasteiger partial charge is 0.205 e. The molecule has 0 radical (unpaired) electrons. The SMILES string of the molecule is C[C@@H]1CC(=O)C2=C(C1)OC(N)=C(C#N)[C@@H]2c1ccc(F)cc1F. The number of rotatable bonds is 1. The number of ketones is 1. The summed E-state index contributed by atoms with van der Waals surface area (Å²) in [6.07, 6.45) is 0.778. The van der Waals surface area contributed by atoms with Crippen molar-refractivity contribution in [2.45, 2.75) is 25.7 Å². The van der Waals surface area contributed by atoms with Crippen LogP contribution in [0, 0.1) is 28.9 Å². The molecule has 3 rings (SSSR count). The zero-order chi connectivity index (χ0) is 16.7. The standard InChI is InChI=1S/C17H14F2N2O2/c1-8-4-13(22)16-14(5-8)23-17(21)11(7-20)15(16)10-3-2-9(18)6-12(10)19/h2-3,6,8,15H,4-5,21H2,1H3/t8-,15+/m1/s1. The molecule has 23 heavy (non-hydrogen) atoms. The van der Waals surface area contributed by atoms with E-state index in [2.05, 4.69) is 0 Å². The molecular formula is C17H14F2N2O2. The summed E-state index contributed by atoms with van der Waals surface area (Å²) in [6, 6.07) is 4.95. The molecule has 0 bridgehead atoms. The Bertz CT molecular complexity index is 805. The van der Waals surface area contributed by atoms with Crippen molar-refractivity contribution in [2.24, 2.45) is 11.7 Å². The number of carbonyl (C=O) groups is 1. The van der Waals surface area contributed by atoms with Crippen LogP contribution in [0.4, 0.5) is 8.78 Å². The summed E-state index contributed by atoms with van der Waals surface area (Å²) in [5.74, 6) is -2.39. The number of Topliss-reactive ketones (excluding diaryl/α,β-unsaturated/α-hetero) is 1. The molecule has 118 valence electrons. The molecule has 1 aromatic carbocycles. The van der Waals surface area contributed by atoms with Crippen molar-refractivity contribution in [3.8, 4) is 6.07 Å². The number of ether oxygens (including phenoxy) is 1. The van der Waals surface area contributed by atoms with Gasteiger partial charge in [-0.3, -0.25) is 4.79 Å². The average molecular weight is 316 g/mol. The molecule has 0 fully saturated rings. The van der Waals surface area contributed by atoms with Gasteiger partial charge in [-0.15, -0.1) is 0 Å². The molecule has 0 spiro atoms. The topological polar surface area (TPSA) is 76.1 Å². The van der Waals surface area contributed by atoms with Gasteiger partial charge in [0.15, 0.2) is 5.78 Å². The van der Waals surface area contributed by atoms with Gasteiger partial charge in [0.2, 0.25) is 5.88 Å². The van der Waals surface area contributed by atoms with Gasteiger partial charge in [-0.1, -0.05) is 13.0 Å². The lowest BCUT2D eigenvalue weighted by atomic mass is 9.75. The number of hydrogen-bond acceptors (Lipinski definition) is 4. The lowest BCUT2D eigenvalue weighted by Crippen LogP contribution is -2.30. The highest BCUT2D eigenvalue weighted by Gasteiger charge is 2.40. The van der Waals surface area contributed by atoms with E-state index in [0.717, 1.165) is 12.1 Å². The molecule has 0 saturated heterocycles. The molecule has 1 heterocycles. The van der Waals surface area contributed by atoms with Gasteiger partial charge in [-0.2, -0.15) is 5.26 Å². The average Bonchev–Trinajstić information content (AvgIpc) is 2.45. The summed E-state index contributed by atoms with van der Waals surface area (Å²) in [6.45, 7) is 1.90. The molecule has 0 aromatic heterocycles. The van der Waals surface area contributed by atoms with Crippen LogP contribution in [0.2, 0.25) is 0 Å². The van der Waals surface area contributed by atoms with Gasteiger partial charge >= 0.3 is 0 Å². The maximum Gasteiger partial charge on any atom is 0.205 e. The molecule has 2 aliphatic rings. The summed E-state index contributed by atoms with van der Waals surface area (Å²) in [5.41, 5.74) is 6.05. The Kier molecular flexibility index (Phi) is 3.64. The van der Waals surface area contributed by atoms with Gasteiger partial charge in [0.1, 0.15) is 29.0 Å². The van der Waals surface area contributed by atoms with Gasteiger partial charge in [-0.05, 0) is 12.0 Å². The van der Waals surface area contributed by atoms with Crippen molar-refractivity contribution in [1.82, 2.24) is 0 Å². The van der Waals surface area contributed by atoms with E-state index < -0.39 is 17.6 Å². The lowest BCUT2D eigenvalue weighted by Gasteiger charge is -2.33. The molecule has 1 aliphatic heterocycles. The monoisotopic (exact) mass is 316 g/mol. The highest BCUT2D eigenvalue weighted by Crippen LogP contribution is 2.45. The van der Waals surface area contributed by atoms with Crippen molar-refractivity contribution in [3.63, 3.8) is 0 Å². The minimum Gasteiger partial charge on any atom is -0.444 e. The zero-order valence-corrected chi connectivity index (χ0v) is 12.4. The second kappa shape index (κ2) is 5.51. The van der Waals surface area contributed by atoms with E-state index in [1.807, 2.05) is 13.0 Å². The van der Waals surface area contributed by atoms with E-state index in [9.17, 15) is 18.8 Å². The number of benzene rings is 1. The third kappa shape index (κ3) is 2.48. The second-order valence-electron chi connectivity index (χ2n) is 5.86. The van der Waals surface area contributed by atoms with Crippen LogP contribution in [0.3, 0.4) is 0 Å². The largest absolute Gasteiger partial charge is 0.444 e. The third-order valence-electron chi connectivity index (χ3n) is 4.14. The minimum atomic E-state index is -0.954.